The van der Waals surface area contributed by atoms with Crippen molar-refractivity contribution < 1.29 is 23.5 Å². The molecular weight excluding hydrogens is 378 g/mol. The zero-order chi connectivity index (χ0) is 21.4. The molecule has 1 aliphatic rings. The van der Waals surface area contributed by atoms with Crippen LogP contribution in [-0.2, 0) is 18.4 Å². The normalized spacial score (nSPS) is 27.7. The molecule has 1 heterocycles. The summed E-state index contributed by atoms with van der Waals surface area (Å²) in [5.74, 6) is -0.410. The van der Waals surface area contributed by atoms with Gasteiger partial charge in [0.25, 0.3) is 0 Å². The SMILES string of the molecule is COC(=O)[C@@H]1N[C@H](CO[Si](C)(C)C(C)(C)C)[C@@H](O)[C@@H]1O[Si](C)(C)C(C)(C)C. The Morgan fingerprint density at radius 2 is 1.48 bits per heavy atom. The van der Waals surface area contributed by atoms with E-state index in [4.69, 9.17) is 13.6 Å². The third-order valence-electron chi connectivity index (χ3n) is 6.59. The van der Waals surface area contributed by atoms with Crippen molar-refractivity contribution in [3.8, 4) is 0 Å². The molecule has 0 aromatic rings. The van der Waals surface area contributed by atoms with Crippen LogP contribution in [0.1, 0.15) is 41.5 Å². The fourth-order valence-corrected chi connectivity index (χ4v) is 4.83. The van der Waals surface area contributed by atoms with Crippen LogP contribution < -0.4 is 5.32 Å². The van der Waals surface area contributed by atoms with Gasteiger partial charge in [-0.3, -0.25) is 10.1 Å². The minimum Gasteiger partial charge on any atom is -0.468 e. The maximum atomic E-state index is 12.3. The number of aliphatic hydroxyl groups excluding tert-OH is 1. The molecule has 0 radical (unpaired) electrons. The van der Waals surface area contributed by atoms with Crippen molar-refractivity contribution in [1.29, 1.82) is 0 Å². The first-order valence-electron chi connectivity index (χ1n) is 9.78. The van der Waals surface area contributed by atoms with E-state index in [0.29, 0.717) is 6.61 Å². The molecular formula is C19H41NO5Si2. The Kier molecular flexibility index (Phi) is 7.56. The van der Waals surface area contributed by atoms with Gasteiger partial charge in [-0.05, 0) is 36.3 Å². The molecule has 1 fully saturated rings. The van der Waals surface area contributed by atoms with E-state index >= 15 is 0 Å². The van der Waals surface area contributed by atoms with Gasteiger partial charge >= 0.3 is 5.97 Å². The average Bonchev–Trinajstić information content (AvgIpc) is 2.78. The Hall–Kier alpha value is -0.256. The van der Waals surface area contributed by atoms with E-state index in [1.807, 2.05) is 0 Å². The van der Waals surface area contributed by atoms with E-state index in [0.717, 1.165) is 0 Å². The molecule has 6 nitrogen and oxygen atoms in total. The number of aliphatic hydroxyl groups is 1. The van der Waals surface area contributed by atoms with Crippen LogP contribution in [0.3, 0.4) is 0 Å². The van der Waals surface area contributed by atoms with E-state index in [1.165, 1.54) is 7.11 Å². The summed E-state index contributed by atoms with van der Waals surface area (Å²) >= 11 is 0. The summed E-state index contributed by atoms with van der Waals surface area (Å²) in [6.45, 7) is 21.9. The third kappa shape index (κ3) is 5.64. The topological polar surface area (TPSA) is 77.0 Å². The number of methoxy groups -OCH3 is 1. The lowest BCUT2D eigenvalue weighted by atomic mass is 10.1. The molecule has 0 unspecified atom stereocenters. The molecule has 8 heteroatoms. The van der Waals surface area contributed by atoms with Gasteiger partial charge in [0.15, 0.2) is 16.6 Å². The Balaban J connectivity index is 2.99. The fraction of sp³-hybridized carbons (Fsp3) is 0.947. The van der Waals surface area contributed by atoms with Gasteiger partial charge in [0.1, 0.15) is 6.04 Å². The van der Waals surface area contributed by atoms with Crippen LogP contribution in [0.5, 0.6) is 0 Å². The highest BCUT2D eigenvalue weighted by Gasteiger charge is 2.52. The van der Waals surface area contributed by atoms with E-state index in [9.17, 15) is 9.90 Å². The van der Waals surface area contributed by atoms with Crippen molar-refractivity contribution in [3.05, 3.63) is 0 Å². The zero-order valence-corrected chi connectivity index (χ0v) is 21.1. The number of carbonyl (C=O) groups is 1. The van der Waals surface area contributed by atoms with Crippen LogP contribution in [0.25, 0.3) is 0 Å². The summed E-state index contributed by atoms with van der Waals surface area (Å²) in [6.07, 6.45) is -1.46. The van der Waals surface area contributed by atoms with Crippen molar-refractivity contribution >= 4 is 22.6 Å². The van der Waals surface area contributed by atoms with Crippen molar-refractivity contribution in [1.82, 2.24) is 5.32 Å². The van der Waals surface area contributed by atoms with Crippen molar-refractivity contribution in [2.24, 2.45) is 0 Å². The monoisotopic (exact) mass is 419 g/mol. The molecule has 0 aromatic carbocycles. The van der Waals surface area contributed by atoms with Gasteiger partial charge in [0.05, 0.1) is 32.0 Å². The number of rotatable bonds is 6. The first-order valence-corrected chi connectivity index (χ1v) is 15.6. The summed E-state index contributed by atoms with van der Waals surface area (Å²) in [5, 5.41) is 14.2. The lowest BCUT2D eigenvalue weighted by Gasteiger charge is -2.40. The second kappa shape index (κ2) is 8.24. The summed E-state index contributed by atoms with van der Waals surface area (Å²) in [6, 6.07) is -1.05. The second-order valence-electron chi connectivity index (χ2n) is 10.7. The molecule has 4 atom stereocenters. The lowest BCUT2D eigenvalue weighted by molar-refractivity contribution is -0.145. The third-order valence-corrected chi connectivity index (χ3v) is 15.6. The maximum Gasteiger partial charge on any atom is 0.325 e. The summed E-state index contributed by atoms with van der Waals surface area (Å²) in [5.41, 5.74) is 0. The van der Waals surface area contributed by atoms with Crippen LogP contribution in [0.2, 0.25) is 36.3 Å². The molecule has 1 rings (SSSR count). The van der Waals surface area contributed by atoms with E-state index in [1.54, 1.807) is 0 Å². The first kappa shape index (κ1) is 24.8. The smallest absolute Gasteiger partial charge is 0.325 e. The highest BCUT2D eigenvalue weighted by atomic mass is 28.4. The average molecular weight is 420 g/mol. The second-order valence-corrected chi connectivity index (χ2v) is 20.2. The molecule has 1 aliphatic heterocycles. The fourth-order valence-electron chi connectivity index (χ4n) is 2.50. The predicted octanol–water partition coefficient (Wildman–Crippen LogP) is 3.27. The molecule has 27 heavy (non-hydrogen) atoms. The zero-order valence-electron chi connectivity index (χ0n) is 19.1. The quantitative estimate of drug-likeness (QED) is 0.508. The van der Waals surface area contributed by atoms with Crippen LogP contribution in [-0.4, -0.2) is 65.7 Å². The number of nitrogens with one attached hydrogen (secondary N) is 1. The minimum absolute atomic E-state index is 0.0247. The van der Waals surface area contributed by atoms with Crippen LogP contribution in [0.15, 0.2) is 0 Å². The minimum atomic E-state index is -2.17. The molecule has 2 N–H and O–H groups in total. The molecule has 0 aliphatic carbocycles. The number of ether oxygens (including phenoxy) is 1. The van der Waals surface area contributed by atoms with Gasteiger partial charge in [-0.25, -0.2) is 0 Å². The highest BCUT2D eigenvalue weighted by Crippen LogP contribution is 2.40. The van der Waals surface area contributed by atoms with Crippen LogP contribution in [0, 0.1) is 0 Å². The van der Waals surface area contributed by atoms with Gasteiger partial charge < -0.3 is 18.7 Å². The molecule has 0 amide bonds. The summed E-state index contributed by atoms with van der Waals surface area (Å²) in [7, 11) is -2.77. The van der Waals surface area contributed by atoms with E-state index in [2.05, 4.69) is 73.0 Å². The molecule has 1 saturated heterocycles. The first-order chi connectivity index (χ1) is 11.9. The molecule has 0 bridgehead atoms. The predicted molar refractivity (Wildman–Crippen MR) is 114 cm³/mol. The Bertz CT molecular complexity index is 525. The van der Waals surface area contributed by atoms with Crippen LogP contribution in [0.4, 0.5) is 0 Å². The van der Waals surface area contributed by atoms with E-state index in [-0.39, 0.29) is 16.1 Å². The van der Waals surface area contributed by atoms with Crippen molar-refractivity contribution in [2.45, 2.75) is 102 Å². The molecule has 0 aromatic heterocycles. The van der Waals surface area contributed by atoms with Crippen molar-refractivity contribution in [3.63, 3.8) is 0 Å². The number of carbonyl (C=O) groups excluding carboxylic acids is 1. The van der Waals surface area contributed by atoms with Gasteiger partial charge in [0.2, 0.25) is 0 Å². The lowest BCUT2D eigenvalue weighted by Crippen LogP contribution is -2.51. The Labute approximate surface area is 167 Å². The molecule has 0 spiro atoms. The number of esters is 1. The standard InChI is InChI=1S/C19H41NO5Si2/c1-18(2,3)26(8,9)24-12-13-15(21)16(14(20-13)17(22)23-7)25-27(10,11)19(4,5)6/h13-16,20-21H,12H2,1-11H3/t13-,14-,15-,16-/m1/s1. The molecule has 160 valence electrons. The maximum absolute atomic E-state index is 12.3. The highest BCUT2D eigenvalue weighted by molar-refractivity contribution is 6.74. The van der Waals surface area contributed by atoms with Crippen LogP contribution >= 0.6 is 0 Å². The van der Waals surface area contributed by atoms with E-state index < -0.39 is 40.9 Å². The van der Waals surface area contributed by atoms with Gasteiger partial charge in [-0.1, -0.05) is 41.5 Å². The van der Waals surface area contributed by atoms with Gasteiger partial charge in [0, 0.05) is 0 Å². The largest absolute Gasteiger partial charge is 0.468 e. The Morgan fingerprint density at radius 1 is 1.00 bits per heavy atom. The number of hydrogen-bond donors (Lipinski definition) is 2. The Morgan fingerprint density at radius 3 is 1.89 bits per heavy atom. The summed E-state index contributed by atoms with van der Waals surface area (Å²) < 4.78 is 17.6. The van der Waals surface area contributed by atoms with Gasteiger partial charge in [-0.15, -0.1) is 0 Å². The van der Waals surface area contributed by atoms with Gasteiger partial charge in [-0.2, -0.15) is 0 Å². The number of hydrogen-bond acceptors (Lipinski definition) is 6. The molecule has 0 saturated carbocycles. The van der Waals surface area contributed by atoms with Crippen molar-refractivity contribution in [2.75, 3.05) is 13.7 Å². The summed E-state index contributed by atoms with van der Waals surface area (Å²) in [4.78, 5) is 12.3.